The van der Waals surface area contributed by atoms with Crippen LogP contribution >= 0.6 is 0 Å². The number of benzene rings is 1. The smallest absolute Gasteiger partial charge is 0.159 e. The van der Waals surface area contributed by atoms with E-state index in [9.17, 15) is 0 Å². The molecule has 2 aromatic rings. The van der Waals surface area contributed by atoms with E-state index in [1.807, 2.05) is 18.2 Å². The molecule has 0 spiro atoms. The molecule has 17 heavy (non-hydrogen) atoms. The van der Waals surface area contributed by atoms with Crippen molar-refractivity contribution in [3.05, 3.63) is 48.3 Å². The molecule has 85 valence electrons. The lowest BCUT2D eigenvalue weighted by Gasteiger charge is -2.14. The molecule has 1 saturated heterocycles. The van der Waals surface area contributed by atoms with Crippen LogP contribution in [0.1, 0.15) is 24.4 Å². The first-order valence-electron chi connectivity index (χ1n) is 5.96. The molecule has 0 bridgehead atoms. The summed E-state index contributed by atoms with van der Waals surface area (Å²) >= 11 is 0. The van der Waals surface area contributed by atoms with Gasteiger partial charge in [0.2, 0.25) is 0 Å². The molecule has 0 saturated carbocycles. The van der Waals surface area contributed by atoms with Gasteiger partial charge >= 0.3 is 0 Å². The summed E-state index contributed by atoms with van der Waals surface area (Å²) in [7, 11) is 0. The Labute approximate surface area is 101 Å². The first-order chi connectivity index (χ1) is 8.45. The third-order valence-electron chi connectivity index (χ3n) is 3.10. The van der Waals surface area contributed by atoms with Crippen molar-refractivity contribution in [2.45, 2.75) is 18.9 Å². The zero-order valence-electron chi connectivity index (χ0n) is 9.56. The van der Waals surface area contributed by atoms with Gasteiger partial charge in [-0.1, -0.05) is 18.2 Å². The summed E-state index contributed by atoms with van der Waals surface area (Å²) in [5.74, 6) is 0.785. The lowest BCUT2D eigenvalue weighted by molar-refractivity contribution is 0.648. The van der Waals surface area contributed by atoms with Crippen LogP contribution < -0.4 is 5.32 Å². The number of nitrogens with zero attached hydrogens (tertiary/aromatic N) is 2. The minimum absolute atomic E-state index is 0.398. The van der Waals surface area contributed by atoms with Crippen LogP contribution in [0.4, 0.5) is 0 Å². The molecular formula is C14H14N3. The van der Waals surface area contributed by atoms with Crippen molar-refractivity contribution < 1.29 is 0 Å². The highest BCUT2D eigenvalue weighted by Crippen LogP contribution is 2.29. The summed E-state index contributed by atoms with van der Waals surface area (Å²) < 4.78 is 0. The summed E-state index contributed by atoms with van der Waals surface area (Å²) in [5, 5.41) is 3.50. The largest absolute Gasteiger partial charge is 0.310 e. The zero-order chi connectivity index (χ0) is 11.5. The van der Waals surface area contributed by atoms with Gasteiger partial charge in [0, 0.05) is 24.0 Å². The van der Waals surface area contributed by atoms with Crippen molar-refractivity contribution >= 4 is 0 Å². The predicted molar refractivity (Wildman–Crippen MR) is 66.3 cm³/mol. The van der Waals surface area contributed by atoms with Gasteiger partial charge in [0.1, 0.15) is 0 Å². The number of rotatable bonds is 2. The predicted octanol–water partition coefficient (Wildman–Crippen LogP) is 2.37. The van der Waals surface area contributed by atoms with Crippen LogP contribution in [-0.4, -0.2) is 16.5 Å². The summed E-state index contributed by atoms with van der Waals surface area (Å²) in [6.07, 6.45) is 5.95. The standard InChI is InChI=1S/C14H14N3/c1-2-6-12(14-16-9-4-10-17-14)11(5-1)13-7-3-8-15-13/h1-2,4,6,9-10,13,15H,3,7-8H2. The molecule has 1 fully saturated rings. The van der Waals surface area contributed by atoms with Gasteiger partial charge in [0.05, 0.1) is 0 Å². The summed E-state index contributed by atoms with van der Waals surface area (Å²) in [4.78, 5) is 8.64. The molecule has 0 aliphatic carbocycles. The van der Waals surface area contributed by atoms with Gasteiger partial charge in [-0.3, -0.25) is 0 Å². The number of hydrogen-bond donors (Lipinski definition) is 1. The van der Waals surface area contributed by atoms with Gasteiger partial charge in [0.25, 0.3) is 0 Å². The van der Waals surface area contributed by atoms with Crippen molar-refractivity contribution in [1.82, 2.24) is 15.3 Å². The number of nitrogens with one attached hydrogen (secondary N) is 1. The fraction of sp³-hybridized carbons (Fsp3) is 0.286. The average Bonchev–Trinajstić information content (AvgIpc) is 2.94. The Balaban J connectivity index is 2.04. The minimum Gasteiger partial charge on any atom is -0.310 e. The van der Waals surface area contributed by atoms with E-state index in [2.05, 4.69) is 27.4 Å². The van der Waals surface area contributed by atoms with Crippen LogP contribution in [-0.2, 0) is 0 Å². The third-order valence-corrected chi connectivity index (χ3v) is 3.10. The lowest BCUT2D eigenvalue weighted by atomic mass is 9.98. The van der Waals surface area contributed by atoms with Crippen molar-refractivity contribution in [2.75, 3.05) is 6.54 Å². The first-order valence-corrected chi connectivity index (χ1v) is 5.96. The Morgan fingerprint density at radius 2 is 2.12 bits per heavy atom. The SMILES string of the molecule is [c]1cccc(-c2ncccn2)c1C1CCCN1. The quantitative estimate of drug-likeness (QED) is 0.851. The second kappa shape index (κ2) is 4.63. The molecule has 1 aliphatic heterocycles. The topological polar surface area (TPSA) is 37.8 Å². The van der Waals surface area contributed by atoms with Crippen molar-refractivity contribution in [3.63, 3.8) is 0 Å². The lowest BCUT2D eigenvalue weighted by Crippen LogP contribution is -2.14. The summed E-state index contributed by atoms with van der Waals surface area (Å²) in [6, 6.07) is 11.6. The van der Waals surface area contributed by atoms with Gasteiger partial charge in [-0.15, -0.1) is 0 Å². The van der Waals surface area contributed by atoms with Gasteiger partial charge in [-0.2, -0.15) is 0 Å². The Morgan fingerprint density at radius 1 is 1.24 bits per heavy atom. The first kappa shape index (κ1) is 10.4. The van der Waals surface area contributed by atoms with Crippen molar-refractivity contribution in [2.24, 2.45) is 0 Å². The van der Waals surface area contributed by atoms with Gasteiger partial charge in [-0.05, 0) is 37.1 Å². The third kappa shape index (κ3) is 2.06. The maximum Gasteiger partial charge on any atom is 0.159 e. The Kier molecular flexibility index (Phi) is 2.84. The monoisotopic (exact) mass is 224 g/mol. The molecule has 0 amide bonds. The zero-order valence-corrected chi connectivity index (χ0v) is 9.56. The molecule has 1 aromatic carbocycles. The highest BCUT2D eigenvalue weighted by atomic mass is 14.9. The Bertz CT molecular complexity index is 490. The van der Waals surface area contributed by atoms with E-state index in [1.165, 1.54) is 18.4 Å². The van der Waals surface area contributed by atoms with E-state index >= 15 is 0 Å². The fourth-order valence-electron chi connectivity index (χ4n) is 2.30. The van der Waals surface area contributed by atoms with Crippen LogP contribution in [0.3, 0.4) is 0 Å². The van der Waals surface area contributed by atoms with Crippen LogP contribution in [0.5, 0.6) is 0 Å². The average molecular weight is 224 g/mol. The van der Waals surface area contributed by atoms with Crippen LogP contribution in [0.25, 0.3) is 11.4 Å². The van der Waals surface area contributed by atoms with Gasteiger partial charge in [0.15, 0.2) is 5.82 Å². The normalized spacial score (nSPS) is 19.4. The van der Waals surface area contributed by atoms with Crippen molar-refractivity contribution in [1.29, 1.82) is 0 Å². The number of aromatic nitrogens is 2. The molecule has 3 nitrogen and oxygen atoms in total. The van der Waals surface area contributed by atoms with E-state index < -0.39 is 0 Å². The molecule has 1 unspecified atom stereocenters. The van der Waals surface area contributed by atoms with E-state index in [0.717, 1.165) is 17.9 Å². The summed E-state index contributed by atoms with van der Waals surface area (Å²) in [6.45, 7) is 1.09. The molecule has 1 N–H and O–H groups in total. The molecule has 1 atom stereocenters. The van der Waals surface area contributed by atoms with Gasteiger partial charge in [-0.25, -0.2) is 9.97 Å². The van der Waals surface area contributed by atoms with Crippen molar-refractivity contribution in [3.8, 4) is 11.4 Å². The molecule has 1 aliphatic rings. The van der Waals surface area contributed by atoms with Crippen LogP contribution in [0.15, 0.2) is 36.7 Å². The molecule has 1 radical (unpaired) electrons. The van der Waals surface area contributed by atoms with E-state index in [-0.39, 0.29) is 0 Å². The van der Waals surface area contributed by atoms with Gasteiger partial charge < -0.3 is 5.32 Å². The Morgan fingerprint density at radius 3 is 2.88 bits per heavy atom. The second-order valence-electron chi connectivity index (χ2n) is 4.22. The van der Waals surface area contributed by atoms with Crippen LogP contribution in [0.2, 0.25) is 0 Å². The molecule has 3 heteroatoms. The highest BCUT2D eigenvalue weighted by molar-refractivity contribution is 5.60. The maximum absolute atomic E-state index is 4.32. The second-order valence-corrected chi connectivity index (χ2v) is 4.22. The number of hydrogen-bond acceptors (Lipinski definition) is 3. The summed E-state index contributed by atoms with van der Waals surface area (Å²) in [5.41, 5.74) is 2.28. The van der Waals surface area contributed by atoms with E-state index in [4.69, 9.17) is 0 Å². The van der Waals surface area contributed by atoms with Crippen LogP contribution in [0, 0.1) is 6.07 Å². The highest BCUT2D eigenvalue weighted by Gasteiger charge is 2.20. The van der Waals surface area contributed by atoms with E-state index in [0.29, 0.717) is 6.04 Å². The maximum atomic E-state index is 4.32. The molecule has 3 rings (SSSR count). The fourth-order valence-corrected chi connectivity index (χ4v) is 2.30. The molecule has 1 aromatic heterocycles. The molecular weight excluding hydrogens is 210 g/mol. The minimum atomic E-state index is 0.398. The van der Waals surface area contributed by atoms with E-state index in [1.54, 1.807) is 12.4 Å². The Hall–Kier alpha value is -1.74. The molecule has 2 heterocycles.